The molecule has 1 aliphatic rings. The zero-order chi connectivity index (χ0) is 20.8. The van der Waals surface area contributed by atoms with Crippen molar-refractivity contribution in [3.63, 3.8) is 0 Å². The van der Waals surface area contributed by atoms with Crippen molar-refractivity contribution in [1.29, 1.82) is 0 Å². The molecule has 0 atom stereocenters. The van der Waals surface area contributed by atoms with Crippen molar-refractivity contribution in [2.24, 2.45) is 0 Å². The molecule has 1 aliphatic heterocycles. The summed E-state index contributed by atoms with van der Waals surface area (Å²) in [5.41, 5.74) is 2.46. The Hall–Kier alpha value is -2.63. The van der Waals surface area contributed by atoms with Gasteiger partial charge < -0.3 is 14.4 Å². The molecule has 1 aromatic carbocycles. The fraction of sp³-hybridized carbons (Fsp3) is 0.522. The fourth-order valence-electron chi connectivity index (χ4n) is 3.83. The Kier molecular flexibility index (Phi) is 7.07. The van der Waals surface area contributed by atoms with Crippen LogP contribution in [0.2, 0.25) is 0 Å². The zero-order valence-electron chi connectivity index (χ0n) is 17.9. The quantitative estimate of drug-likeness (QED) is 0.683. The van der Waals surface area contributed by atoms with Crippen molar-refractivity contribution >= 4 is 11.8 Å². The van der Waals surface area contributed by atoms with Crippen LogP contribution in [0.25, 0.3) is 0 Å². The molecule has 6 heteroatoms. The average Bonchev–Trinajstić information content (AvgIpc) is 3.15. The third-order valence-corrected chi connectivity index (χ3v) is 5.59. The highest BCUT2D eigenvalue weighted by Crippen LogP contribution is 2.23. The maximum Gasteiger partial charge on any atom is 0.289 e. The molecular weight excluding hydrogens is 364 g/mol. The van der Waals surface area contributed by atoms with Gasteiger partial charge in [0, 0.05) is 33.2 Å². The lowest BCUT2D eigenvalue weighted by molar-refractivity contribution is 0.0745. The first-order valence-corrected chi connectivity index (χ1v) is 10.7. The van der Waals surface area contributed by atoms with Gasteiger partial charge in [-0.05, 0) is 38.2 Å². The summed E-state index contributed by atoms with van der Waals surface area (Å²) in [5.74, 6) is 0.237. The zero-order valence-corrected chi connectivity index (χ0v) is 17.9. The van der Waals surface area contributed by atoms with Crippen LogP contribution in [0.5, 0.6) is 0 Å². The monoisotopic (exact) mass is 396 g/mol. The van der Waals surface area contributed by atoms with E-state index in [0.717, 1.165) is 49.9 Å². The summed E-state index contributed by atoms with van der Waals surface area (Å²) in [6, 6.07) is 9.98. The number of benzene rings is 1. The first-order valence-electron chi connectivity index (χ1n) is 10.7. The number of fused-ring (bicyclic) bond motifs is 1. The van der Waals surface area contributed by atoms with Gasteiger partial charge in [0.15, 0.2) is 5.82 Å². The third kappa shape index (κ3) is 4.69. The van der Waals surface area contributed by atoms with Gasteiger partial charge in [-0.25, -0.2) is 4.98 Å². The molecule has 0 fully saturated rings. The standard InChI is InChI=1S/C23H32N4O2/c1-4-6-15-25(3)23(29)21-24-20(19-14-10-11-16-27(19)21)22(28)26(5-2)17-18-12-8-7-9-13-18/h7-9,12-13H,4-6,10-11,14-17H2,1-3H3. The Morgan fingerprint density at radius 1 is 1.10 bits per heavy atom. The third-order valence-electron chi connectivity index (χ3n) is 5.59. The van der Waals surface area contributed by atoms with Crippen LogP contribution in [0, 0.1) is 0 Å². The molecule has 0 unspecified atom stereocenters. The predicted molar refractivity (Wildman–Crippen MR) is 114 cm³/mol. The van der Waals surface area contributed by atoms with Crippen LogP contribution >= 0.6 is 0 Å². The van der Waals surface area contributed by atoms with Gasteiger partial charge in [0.05, 0.1) is 5.69 Å². The summed E-state index contributed by atoms with van der Waals surface area (Å²) in [6.45, 7) is 6.69. The lowest BCUT2D eigenvalue weighted by atomic mass is 10.1. The molecule has 0 saturated carbocycles. The number of hydrogen-bond donors (Lipinski definition) is 0. The van der Waals surface area contributed by atoms with Crippen LogP contribution in [-0.2, 0) is 19.5 Å². The van der Waals surface area contributed by atoms with Crippen molar-refractivity contribution in [1.82, 2.24) is 19.4 Å². The van der Waals surface area contributed by atoms with E-state index in [-0.39, 0.29) is 11.8 Å². The van der Waals surface area contributed by atoms with Gasteiger partial charge in [0.1, 0.15) is 5.69 Å². The van der Waals surface area contributed by atoms with E-state index in [1.165, 1.54) is 0 Å². The number of carbonyl (C=O) groups is 2. The number of imidazole rings is 1. The topological polar surface area (TPSA) is 58.4 Å². The number of carbonyl (C=O) groups excluding carboxylic acids is 2. The SMILES string of the molecule is CCCCN(C)C(=O)c1nc(C(=O)N(CC)Cc2ccccc2)c2n1CCCC2. The van der Waals surface area contributed by atoms with E-state index in [1.54, 1.807) is 4.90 Å². The van der Waals surface area contributed by atoms with E-state index >= 15 is 0 Å². The Labute approximate surface area is 173 Å². The molecular formula is C23H32N4O2. The van der Waals surface area contributed by atoms with Crippen molar-refractivity contribution in [2.75, 3.05) is 20.1 Å². The van der Waals surface area contributed by atoms with E-state index in [9.17, 15) is 9.59 Å². The highest BCUT2D eigenvalue weighted by atomic mass is 16.2. The number of aromatic nitrogens is 2. The second kappa shape index (κ2) is 9.72. The van der Waals surface area contributed by atoms with Gasteiger partial charge in [0.25, 0.3) is 11.8 Å². The Morgan fingerprint density at radius 3 is 2.55 bits per heavy atom. The molecule has 2 amide bonds. The summed E-state index contributed by atoms with van der Waals surface area (Å²) in [5, 5.41) is 0. The van der Waals surface area contributed by atoms with Gasteiger partial charge in [-0.3, -0.25) is 9.59 Å². The lowest BCUT2D eigenvalue weighted by Crippen LogP contribution is -2.31. The minimum Gasteiger partial charge on any atom is -0.339 e. The van der Waals surface area contributed by atoms with Crippen LogP contribution in [-0.4, -0.2) is 51.3 Å². The van der Waals surface area contributed by atoms with Crippen LogP contribution in [0.4, 0.5) is 0 Å². The first-order chi connectivity index (χ1) is 14.1. The number of nitrogens with zero attached hydrogens (tertiary/aromatic N) is 4. The molecule has 0 aliphatic carbocycles. The predicted octanol–water partition coefficient (Wildman–Crippen LogP) is 3.75. The van der Waals surface area contributed by atoms with E-state index < -0.39 is 0 Å². The largest absolute Gasteiger partial charge is 0.339 e. The summed E-state index contributed by atoms with van der Waals surface area (Å²) in [7, 11) is 1.82. The molecule has 156 valence electrons. The number of rotatable bonds is 8. The minimum absolute atomic E-state index is 0.0859. The molecule has 0 spiro atoms. The van der Waals surface area contributed by atoms with Crippen LogP contribution < -0.4 is 0 Å². The van der Waals surface area contributed by atoms with Crippen molar-refractivity contribution in [3.05, 3.63) is 53.1 Å². The van der Waals surface area contributed by atoms with Gasteiger partial charge >= 0.3 is 0 Å². The second-order valence-electron chi connectivity index (χ2n) is 7.72. The molecule has 2 aromatic rings. The Balaban J connectivity index is 1.89. The first kappa shape index (κ1) is 21.1. The number of unbranched alkanes of at least 4 members (excludes halogenated alkanes) is 1. The molecule has 3 rings (SSSR count). The van der Waals surface area contributed by atoms with Crippen molar-refractivity contribution < 1.29 is 9.59 Å². The Morgan fingerprint density at radius 2 is 1.86 bits per heavy atom. The van der Waals surface area contributed by atoms with Crippen LogP contribution in [0.1, 0.15) is 71.9 Å². The average molecular weight is 397 g/mol. The second-order valence-corrected chi connectivity index (χ2v) is 7.72. The lowest BCUT2D eigenvalue weighted by Gasteiger charge is -2.22. The van der Waals surface area contributed by atoms with Crippen molar-refractivity contribution in [3.8, 4) is 0 Å². The van der Waals surface area contributed by atoms with E-state index in [2.05, 4.69) is 11.9 Å². The van der Waals surface area contributed by atoms with Crippen molar-refractivity contribution in [2.45, 2.75) is 59.0 Å². The molecule has 6 nitrogen and oxygen atoms in total. The fourth-order valence-corrected chi connectivity index (χ4v) is 3.83. The molecule has 1 aromatic heterocycles. The molecule has 0 N–H and O–H groups in total. The van der Waals surface area contributed by atoms with E-state index in [4.69, 9.17) is 0 Å². The highest BCUT2D eigenvalue weighted by Gasteiger charge is 2.30. The summed E-state index contributed by atoms with van der Waals surface area (Å²) >= 11 is 0. The molecule has 0 radical (unpaired) electrons. The van der Waals surface area contributed by atoms with Crippen LogP contribution in [0.3, 0.4) is 0 Å². The normalized spacial score (nSPS) is 13.1. The Bertz CT molecular complexity index is 844. The van der Waals surface area contributed by atoms with Gasteiger partial charge in [0.2, 0.25) is 0 Å². The number of hydrogen-bond acceptors (Lipinski definition) is 3. The highest BCUT2D eigenvalue weighted by molar-refractivity contribution is 5.97. The smallest absolute Gasteiger partial charge is 0.289 e. The molecule has 0 bridgehead atoms. The summed E-state index contributed by atoms with van der Waals surface area (Å²) in [6.07, 6.45) is 4.82. The van der Waals surface area contributed by atoms with Gasteiger partial charge in [-0.2, -0.15) is 0 Å². The van der Waals surface area contributed by atoms with E-state index in [0.29, 0.717) is 31.2 Å². The van der Waals surface area contributed by atoms with Gasteiger partial charge in [-0.15, -0.1) is 0 Å². The molecule has 29 heavy (non-hydrogen) atoms. The van der Waals surface area contributed by atoms with Gasteiger partial charge in [-0.1, -0.05) is 43.7 Å². The molecule has 2 heterocycles. The van der Waals surface area contributed by atoms with E-state index in [1.807, 2.05) is 53.8 Å². The molecule has 0 saturated heterocycles. The maximum atomic E-state index is 13.4. The number of amides is 2. The van der Waals surface area contributed by atoms with Crippen LogP contribution in [0.15, 0.2) is 30.3 Å². The minimum atomic E-state index is -0.0910. The summed E-state index contributed by atoms with van der Waals surface area (Å²) in [4.78, 5) is 34.5. The summed E-state index contributed by atoms with van der Waals surface area (Å²) < 4.78 is 1.98. The maximum absolute atomic E-state index is 13.4.